The van der Waals surface area contributed by atoms with Crippen molar-refractivity contribution in [1.29, 1.82) is 0 Å². The molecule has 14 nitrogen and oxygen atoms in total. The van der Waals surface area contributed by atoms with Crippen molar-refractivity contribution in [3.05, 3.63) is 41.3 Å². The molecule has 0 spiro atoms. The fourth-order valence-electron chi connectivity index (χ4n) is 8.71. The van der Waals surface area contributed by atoms with Crippen molar-refractivity contribution >= 4 is 69.1 Å². The molecule has 1 amide bonds. The Morgan fingerprint density at radius 1 is 1.08 bits per heavy atom. The number of nitrogens with one attached hydrogen (secondary N) is 1. The molecule has 3 saturated carbocycles. The minimum atomic E-state index is -1.29. The highest BCUT2D eigenvalue weighted by Gasteiger charge is 2.61. The van der Waals surface area contributed by atoms with Gasteiger partial charge in [0.15, 0.2) is 10.9 Å². The molecule has 4 aliphatic rings. The quantitative estimate of drug-likeness (QED) is 0.0427. The zero-order chi connectivity index (χ0) is 42.4. The number of anilines is 1. The molecule has 1 saturated heterocycles. The number of carboxylic acids is 1. The fourth-order valence-corrected chi connectivity index (χ4v) is 9.82. The van der Waals surface area contributed by atoms with Crippen molar-refractivity contribution in [2.24, 2.45) is 34.5 Å². The van der Waals surface area contributed by atoms with Gasteiger partial charge in [-0.1, -0.05) is 38.4 Å². The van der Waals surface area contributed by atoms with Gasteiger partial charge in [0, 0.05) is 35.7 Å². The van der Waals surface area contributed by atoms with Crippen LogP contribution >= 0.6 is 22.9 Å². The van der Waals surface area contributed by atoms with E-state index in [0.717, 1.165) is 12.8 Å². The fraction of sp³-hybridized carbons (Fsp3) is 0.558. The first-order chi connectivity index (χ1) is 28.0. The summed E-state index contributed by atoms with van der Waals surface area (Å²) in [7, 11) is 0. The van der Waals surface area contributed by atoms with Crippen LogP contribution < -0.4 is 14.8 Å². The van der Waals surface area contributed by atoms with Crippen LogP contribution in [0, 0.1) is 34.5 Å². The van der Waals surface area contributed by atoms with Crippen molar-refractivity contribution < 1.29 is 48.0 Å². The normalized spacial score (nSPS) is 26.2. The molecule has 16 heteroatoms. The summed E-state index contributed by atoms with van der Waals surface area (Å²) >= 11 is 8.27. The summed E-state index contributed by atoms with van der Waals surface area (Å²) < 4.78 is 22.9. The number of thiazole rings is 1. The Morgan fingerprint density at radius 2 is 1.83 bits per heavy atom. The van der Waals surface area contributed by atoms with Crippen LogP contribution in [0.1, 0.15) is 79.6 Å². The van der Waals surface area contributed by atoms with Gasteiger partial charge in [0.1, 0.15) is 34.4 Å². The maximum Gasteiger partial charge on any atom is 0.310 e. The number of aromatic nitrogens is 2. The number of ketones is 1. The molecular weight excluding hydrogens is 800 g/mol. The first-order valence-corrected chi connectivity index (χ1v) is 21.4. The molecule has 3 aromatic rings. The number of carbonyl (C=O) groups is 5. The monoisotopic (exact) mass is 850 g/mol. The number of nitrogens with zero attached hydrogens (tertiary/aromatic N) is 3. The molecule has 1 aliphatic heterocycles. The highest BCUT2D eigenvalue weighted by atomic mass is 35.5. The summed E-state index contributed by atoms with van der Waals surface area (Å²) in [6, 6.07) is 4.14. The molecule has 0 bridgehead atoms. The highest BCUT2D eigenvalue weighted by Crippen LogP contribution is 2.57. The number of hydrogen-bond acceptors (Lipinski definition) is 13. The molecule has 8 atom stereocenters. The van der Waals surface area contributed by atoms with Gasteiger partial charge in [-0.25, -0.2) is 9.97 Å². The largest absolute Gasteiger partial charge is 0.488 e. The average molecular weight is 851 g/mol. The Kier molecular flexibility index (Phi) is 12.0. The van der Waals surface area contributed by atoms with Crippen molar-refractivity contribution in [2.45, 2.75) is 104 Å². The molecule has 1 aromatic carbocycles. The molecule has 59 heavy (non-hydrogen) atoms. The first kappa shape index (κ1) is 42.4. The van der Waals surface area contributed by atoms with Crippen LogP contribution in [-0.2, 0) is 33.4 Å². The molecule has 3 aliphatic carbocycles. The number of aliphatic carboxylic acids is 1. The Morgan fingerprint density at radius 3 is 2.47 bits per heavy atom. The first-order valence-electron chi connectivity index (χ1n) is 20.1. The number of benzene rings is 1. The number of pyridine rings is 1. The van der Waals surface area contributed by atoms with E-state index < -0.39 is 52.5 Å². The van der Waals surface area contributed by atoms with Gasteiger partial charge in [0.25, 0.3) is 6.47 Å². The summed E-state index contributed by atoms with van der Waals surface area (Å²) in [5, 5.41) is 16.7. The van der Waals surface area contributed by atoms with Gasteiger partial charge in [-0.2, -0.15) is 0 Å². The van der Waals surface area contributed by atoms with Crippen LogP contribution in [0.2, 0.25) is 5.02 Å². The van der Waals surface area contributed by atoms with E-state index >= 15 is 0 Å². The number of carboxylic acid groups (broad SMARTS) is 1. The topological polar surface area (TPSA) is 184 Å². The highest BCUT2D eigenvalue weighted by molar-refractivity contribution is 7.14. The Labute approximate surface area is 352 Å². The molecule has 4 fully saturated rings. The third kappa shape index (κ3) is 9.06. The second-order valence-electron chi connectivity index (χ2n) is 17.7. The summed E-state index contributed by atoms with van der Waals surface area (Å²) in [6.07, 6.45) is 3.47. The predicted molar refractivity (Wildman–Crippen MR) is 220 cm³/mol. The van der Waals surface area contributed by atoms with Gasteiger partial charge in [0.05, 0.1) is 41.6 Å². The molecule has 2 N–H and O–H groups in total. The van der Waals surface area contributed by atoms with Crippen molar-refractivity contribution in [1.82, 2.24) is 14.9 Å². The van der Waals surface area contributed by atoms with Gasteiger partial charge in [-0.05, 0) is 74.8 Å². The van der Waals surface area contributed by atoms with Crippen LogP contribution in [0.15, 0.2) is 36.2 Å². The van der Waals surface area contributed by atoms with Crippen LogP contribution in [0.25, 0.3) is 22.3 Å². The molecule has 2 aromatic heterocycles. The number of hydrogen-bond donors (Lipinski definition) is 2. The molecule has 316 valence electrons. The molecular formula is C43H51ClN4O10S. The zero-order valence-corrected chi connectivity index (χ0v) is 35.5. The number of fused-ring (bicyclic) bond motifs is 2. The van der Waals surface area contributed by atoms with Gasteiger partial charge >= 0.3 is 11.9 Å². The number of likely N-dealkylation sites (tertiary alicyclic amines) is 1. The minimum Gasteiger partial charge on any atom is -0.488 e. The lowest BCUT2D eigenvalue weighted by atomic mass is 9.77. The molecule has 3 heterocycles. The standard InChI is InChI=1S/C43H51ClN4O10S/c1-7-25-16-43(25,40(53)54)17-33(50)32-13-27(18-48(32)39(52)29(42(4,5)6)14-36(51)58-26-11-23-10-24(23)12-26)57-35-15-30(31-19-59-41(47-31)45-22(2)3)46-38-28(35)8-9-34(37(38)44)56-21-55-20-49/h7-9,15,19-20,22-27,29,32H,1,10-14,16-18,21H2,2-6H3,(H,45,47)(H,53,54)/t23-,24+,25-,26?,27-,29-,32+,43-/m1/s1. The maximum absolute atomic E-state index is 14.8. The SMILES string of the molecule is C=C[C@@H]1C[C@]1(CC(=O)[C@@H]1C[C@@H](Oc2cc(-c3csc(NC(C)C)n3)nc3c(Cl)c(OCOC=O)ccc23)CN1C(=O)[C@@H](CC(=O)OC1C[C@@H]2C[C@@H]2C1)C(C)(C)C)C(=O)O. The number of rotatable bonds is 18. The van der Waals surface area contributed by atoms with E-state index in [1.165, 1.54) is 22.7 Å². The van der Waals surface area contributed by atoms with E-state index in [0.29, 0.717) is 45.0 Å². The third-order valence-electron chi connectivity index (χ3n) is 12.1. The van der Waals surface area contributed by atoms with Crippen molar-refractivity contribution in [3.8, 4) is 22.9 Å². The minimum absolute atomic E-state index is 0.00984. The summed E-state index contributed by atoms with van der Waals surface area (Å²) in [6.45, 7) is 13.3. The van der Waals surface area contributed by atoms with Gasteiger partial charge < -0.3 is 34.3 Å². The Balaban J connectivity index is 1.21. The van der Waals surface area contributed by atoms with E-state index in [4.69, 9.17) is 40.5 Å². The van der Waals surface area contributed by atoms with E-state index in [1.54, 1.807) is 24.3 Å². The van der Waals surface area contributed by atoms with Gasteiger partial charge in [-0.15, -0.1) is 17.9 Å². The predicted octanol–water partition coefficient (Wildman–Crippen LogP) is 7.32. The van der Waals surface area contributed by atoms with Crippen LogP contribution in [0.4, 0.5) is 5.13 Å². The maximum atomic E-state index is 14.8. The van der Waals surface area contributed by atoms with Crippen LogP contribution in [0.3, 0.4) is 0 Å². The smallest absolute Gasteiger partial charge is 0.310 e. The Hall–Kier alpha value is -4.76. The molecule has 0 radical (unpaired) electrons. The second kappa shape index (κ2) is 16.7. The number of esters is 1. The van der Waals surface area contributed by atoms with Crippen molar-refractivity contribution in [3.63, 3.8) is 0 Å². The van der Waals surface area contributed by atoms with E-state index in [2.05, 4.69) is 11.9 Å². The van der Waals surface area contributed by atoms with E-state index in [-0.39, 0.29) is 74.3 Å². The zero-order valence-electron chi connectivity index (χ0n) is 33.9. The number of ether oxygens (including phenoxy) is 4. The van der Waals surface area contributed by atoms with Crippen molar-refractivity contribution in [2.75, 3.05) is 18.7 Å². The van der Waals surface area contributed by atoms with Crippen LogP contribution in [0.5, 0.6) is 11.5 Å². The average Bonchev–Trinajstić information content (AvgIpc) is 3.84. The number of amides is 1. The Bertz CT molecular complexity index is 2140. The lowest BCUT2D eigenvalue weighted by Crippen LogP contribution is -2.48. The lowest BCUT2D eigenvalue weighted by molar-refractivity contribution is -0.157. The van der Waals surface area contributed by atoms with E-state index in [1.807, 2.05) is 40.0 Å². The van der Waals surface area contributed by atoms with Gasteiger partial charge in [0.2, 0.25) is 12.7 Å². The lowest BCUT2D eigenvalue weighted by Gasteiger charge is -2.35. The van der Waals surface area contributed by atoms with Gasteiger partial charge in [-0.3, -0.25) is 24.0 Å². The number of halogens is 1. The summed E-state index contributed by atoms with van der Waals surface area (Å²) in [5.74, 6) is -1.73. The number of Topliss-reactive ketones (excluding diaryl/α,β-unsaturated/α-hetero) is 1. The number of allylic oxidation sites excluding steroid dienone is 1. The van der Waals surface area contributed by atoms with Crippen LogP contribution in [-0.4, -0.2) is 87.7 Å². The second-order valence-corrected chi connectivity index (χ2v) is 19.0. The summed E-state index contributed by atoms with van der Waals surface area (Å²) in [4.78, 5) is 76.8. The third-order valence-corrected chi connectivity index (χ3v) is 13.3. The molecule has 7 rings (SSSR count). The number of carbonyl (C=O) groups excluding carboxylic acids is 4. The summed E-state index contributed by atoms with van der Waals surface area (Å²) in [5.41, 5.74) is -0.690. The van der Waals surface area contributed by atoms with E-state index in [9.17, 15) is 29.1 Å². The molecule has 1 unspecified atom stereocenters.